The van der Waals surface area contributed by atoms with E-state index in [-0.39, 0.29) is 51.8 Å². The van der Waals surface area contributed by atoms with Crippen LogP contribution in [0.4, 0.5) is 5.69 Å². The van der Waals surface area contributed by atoms with E-state index in [0.29, 0.717) is 0 Å². The van der Waals surface area contributed by atoms with Crippen LogP contribution in [0.3, 0.4) is 0 Å². The van der Waals surface area contributed by atoms with Crippen molar-refractivity contribution >= 4 is 39.2 Å². The topological polar surface area (TPSA) is 105 Å². The molecule has 0 aliphatic carbocycles. The highest BCUT2D eigenvalue weighted by molar-refractivity contribution is 8.93. The molecular formula is C18H18BrN2O5+. The number of Topliss-reactive ketones (excluding diaryl/α,β-unsaturated/α-hetero) is 1. The number of nitro benzene ring substituents is 1. The molecule has 2 N–H and O–H groups in total. The number of carbonyl (C=O) groups is 1. The minimum atomic E-state index is -0.557. The molecule has 0 atom stereocenters. The van der Waals surface area contributed by atoms with Crippen LogP contribution in [-0.2, 0) is 6.54 Å². The molecule has 8 heteroatoms. The normalized spacial score (nSPS) is 9.73. The number of hydrogen-bond donors (Lipinski definition) is 0. The number of ether oxygens (including phenoxy) is 1. The molecule has 3 aromatic rings. The van der Waals surface area contributed by atoms with Gasteiger partial charge in [-0.25, -0.2) is 0 Å². The highest BCUT2D eigenvalue weighted by Crippen LogP contribution is 2.27. The molecule has 0 aliphatic rings. The van der Waals surface area contributed by atoms with Crippen LogP contribution in [0, 0.1) is 10.1 Å². The van der Waals surface area contributed by atoms with Gasteiger partial charge in [0.2, 0.25) is 12.3 Å². The zero-order chi connectivity index (χ0) is 17.1. The number of nitro groups is 1. The monoisotopic (exact) mass is 421 g/mol. The molecule has 2 aromatic carbocycles. The van der Waals surface area contributed by atoms with Gasteiger partial charge in [-0.1, -0.05) is 18.2 Å². The van der Waals surface area contributed by atoms with E-state index < -0.39 is 4.92 Å². The lowest BCUT2D eigenvalue weighted by atomic mass is 10.1. The fourth-order valence-electron chi connectivity index (χ4n) is 2.54. The summed E-state index contributed by atoms with van der Waals surface area (Å²) < 4.78 is 6.71. The van der Waals surface area contributed by atoms with E-state index in [1.165, 1.54) is 25.3 Å². The van der Waals surface area contributed by atoms with Gasteiger partial charge < -0.3 is 10.2 Å². The van der Waals surface area contributed by atoms with Crippen LogP contribution in [0.5, 0.6) is 5.75 Å². The number of halogens is 1. The zero-order valence-corrected chi connectivity index (χ0v) is 15.6. The first kappa shape index (κ1) is 21.2. The lowest BCUT2D eigenvalue weighted by Crippen LogP contribution is -2.37. The van der Waals surface area contributed by atoms with E-state index in [0.717, 1.165) is 10.8 Å². The number of aromatic nitrogens is 1. The summed E-state index contributed by atoms with van der Waals surface area (Å²) in [5.41, 5.74) is 0.0648. The van der Waals surface area contributed by atoms with Crippen LogP contribution >= 0.6 is 17.0 Å². The summed E-state index contributed by atoms with van der Waals surface area (Å²) >= 11 is 0. The predicted molar refractivity (Wildman–Crippen MR) is 102 cm³/mol. The second kappa shape index (κ2) is 9.02. The van der Waals surface area contributed by atoms with Gasteiger partial charge in [0.15, 0.2) is 18.1 Å². The molecule has 1 heterocycles. The Labute approximate surface area is 160 Å². The molecule has 0 saturated heterocycles. The Morgan fingerprint density at radius 1 is 1.15 bits per heavy atom. The lowest BCUT2D eigenvalue weighted by molar-refractivity contribution is -0.681. The summed E-state index contributed by atoms with van der Waals surface area (Å²) in [6, 6.07) is 14.0. The first-order chi connectivity index (χ1) is 11.6. The Morgan fingerprint density at radius 3 is 2.50 bits per heavy atom. The molecule has 0 aliphatic heterocycles. The van der Waals surface area contributed by atoms with Crippen molar-refractivity contribution in [3.8, 4) is 5.75 Å². The van der Waals surface area contributed by atoms with Crippen molar-refractivity contribution in [3.05, 3.63) is 76.6 Å². The third-order valence-electron chi connectivity index (χ3n) is 3.77. The number of nitrogens with zero attached hydrogens (tertiary/aromatic N) is 2. The van der Waals surface area contributed by atoms with Gasteiger partial charge in [-0.2, -0.15) is 4.57 Å². The van der Waals surface area contributed by atoms with E-state index in [9.17, 15) is 14.9 Å². The maximum absolute atomic E-state index is 12.4. The van der Waals surface area contributed by atoms with Crippen LogP contribution in [0.15, 0.2) is 60.9 Å². The van der Waals surface area contributed by atoms with E-state index in [1.807, 2.05) is 42.7 Å². The molecule has 1 aromatic heterocycles. The zero-order valence-electron chi connectivity index (χ0n) is 13.9. The van der Waals surface area contributed by atoms with Crippen LogP contribution in [0.25, 0.3) is 10.8 Å². The maximum Gasteiger partial charge on any atom is 0.311 e. The summed E-state index contributed by atoms with van der Waals surface area (Å²) in [6.45, 7) is 0.105. The molecule has 0 bridgehead atoms. The molecule has 0 saturated carbocycles. The van der Waals surface area contributed by atoms with Crippen LogP contribution < -0.4 is 9.30 Å². The Balaban J connectivity index is 0.00000169. The largest absolute Gasteiger partial charge is 0.490 e. The Kier molecular flexibility index (Phi) is 7.36. The lowest BCUT2D eigenvalue weighted by Gasteiger charge is -2.04. The van der Waals surface area contributed by atoms with Gasteiger partial charge in [0.25, 0.3) is 0 Å². The second-order valence-electron chi connectivity index (χ2n) is 5.31. The minimum Gasteiger partial charge on any atom is -0.490 e. The third kappa shape index (κ3) is 4.41. The number of pyridine rings is 1. The number of fused-ring (bicyclic) bond motifs is 1. The van der Waals surface area contributed by atoms with E-state index in [1.54, 1.807) is 4.57 Å². The first-order valence-corrected chi connectivity index (χ1v) is 7.32. The fourth-order valence-corrected chi connectivity index (χ4v) is 2.54. The van der Waals surface area contributed by atoms with E-state index >= 15 is 0 Å². The highest BCUT2D eigenvalue weighted by Gasteiger charge is 2.20. The molecule has 0 spiro atoms. The first-order valence-electron chi connectivity index (χ1n) is 7.32. The number of hydrogen-bond acceptors (Lipinski definition) is 4. The molecule has 0 unspecified atom stereocenters. The van der Waals surface area contributed by atoms with Gasteiger partial charge in [-0.05, 0) is 23.6 Å². The molecule has 136 valence electrons. The minimum absolute atomic E-state index is 0. The van der Waals surface area contributed by atoms with Gasteiger partial charge in [0.05, 0.1) is 12.0 Å². The Hall–Kier alpha value is -2.84. The van der Waals surface area contributed by atoms with Crippen molar-refractivity contribution in [1.82, 2.24) is 0 Å². The summed E-state index contributed by atoms with van der Waals surface area (Å²) in [7, 11) is 1.36. The molecular weight excluding hydrogens is 404 g/mol. The summed E-state index contributed by atoms with van der Waals surface area (Å²) in [4.78, 5) is 23.0. The Bertz CT molecular complexity index is 946. The van der Waals surface area contributed by atoms with Crippen LogP contribution in [-0.4, -0.2) is 23.3 Å². The van der Waals surface area contributed by atoms with Gasteiger partial charge in [0.1, 0.15) is 0 Å². The molecule has 0 amide bonds. The summed E-state index contributed by atoms with van der Waals surface area (Å²) in [5, 5.41) is 13.2. The predicted octanol–water partition coefficient (Wildman–Crippen LogP) is 2.68. The number of carbonyl (C=O) groups excluding carboxylic acids is 1. The highest BCUT2D eigenvalue weighted by atomic mass is 79.9. The summed E-state index contributed by atoms with van der Waals surface area (Å²) in [6.07, 6.45) is 3.70. The van der Waals surface area contributed by atoms with Crippen LogP contribution in [0.1, 0.15) is 10.4 Å². The van der Waals surface area contributed by atoms with Gasteiger partial charge in [0, 0.05) is 23.1 Å². The average molecular weight is 422 g/mol. The quantitative estimate of drug-likeness (QED) is 0.273. The number of ketones is 1. The Morgan fingerprint density at radius 2 is 1.85 bits per heavy atom. The average Bonchev–Trinajstić information content (AvgIpc) is 2.61. The van der Waals surface area contributed by atoms with Crippen molar-refractivity contribution in [3.63, 3.8) is 0 Å². The van der Waals surface area contributed by atoms with Crippen LogP contribution in [0.2, 0.25) is 0 Å². The van der Waals surface area contributed by atoms with Crippen molar-refractivity contribution in [1.29, 1.82) is 0 Å². The van der Waals surface area contributed by atoms with E-state index in [4.69, 9.17) is 4.74 Å². The van der Waals surface area contributed by atoms with Gasteiger partial charge in [-0.15, -0.1) is 17.0 Å². The van der Waals surface area contributed by atoms with E-state index in [2.05, 4.69) is 0 Å². The number of benzene rings is 2. The maximum atomic E-state index is 12.4. The van der Waals surface area contributed by atoms with Crippen molar-refractivity contribution in [2.24, 2.45) is 0 Å². The molecule has 3 rings (SSSR count). The standard InChI is InChI=1S/C18H15N2O4.BrH.H2O/c1-24-18-7-6-14(10-16(18)20(22)23)17(21)12-19-9-8-13-4-2-3-5-15(13)11-19;;/h2-11H,12H2,1H3;1H;1H2/q+1;;. The molecule has 7 nitrogen and oxygen atoms in total. The molecule has 0 radical (unpaired) electrons. The fraction of sp³-hybridized carbons (Fsp3) is 0.111. The second-order valence-corrected chi connectivity index (χ2v) is 5.31. The summed E-state index contributed by atoms with van der Waals surface area (Å²) in [5.74, 6) is -0.0732. The van der Waals surface area contributed by atoms with Gasteiger partial charge in [-0.3, -0.25) is 14.9 Å². The van der Waals surface area contributed by atoms with Crippen molar-refractivity contribution < 1.29 is 24.5 Å². The smallest absolute Gasteiger partial charge is 0.311 e. The molecule has 0 fully saturated rings. The third-order valence-corrected chi connectivity index (χ3v) is 3.77. The van der Waals surface area contributed by atoms with Crippen molar-refractivity contribution in [2.45, 2.75) is 6.54 Å². The SMILES string of the molecule is Br.COc1ccc(C(=O)C[n+]2ccc3ccccc3c2)cc1[N+](=O)[O-].O. The number of methoxy groups -OCH3 is 1. The molecule has 26 heavy (non-hydrogen) atoms. The van der Waals surface area contributed by atoms with Crippen molar-refractivity contribution in [2.75, 3.05) is 7.11 Å². The number of rotatable bonds is 5. The van der Waals surface area contributed by atoms with Gasteiger partial charge >= 0.3 is 5.69 Å².